The average Bonchev–Trinajstić information content (AvgIpc) is 2.48. The predicted molar refractivity (Wildman–Crippen MR) is 96.7 cm³/mol. The van der Waals surface area contributed by atoms with E-state index in [2.05, 4.69) is 6.58 Å². The van der Waals surface area contributed by atoms with E-state index in [0.29, 0.717) is 19.3 Å². The van der Waals surface area contributed by atoms with Gasteiger partial charge in [-0.05, 0) is 64.2 Å². The third-order valence-corrected chi connectivity index (χ3v) is 7.19. The van der Waals surface area contributed by atoms with Crippen molar-refractivity contribution >= 4 is 11.9 Å². The fraction of sp³-hybridized carbons (Fsp3) is 0.800. The summed E-state index contributed by atoms with van der Waals surface area (Å²) in [5.74, 6) is -2.51. The molecule has 1 aliphatic heterocycles. The number of aliphatic hydroxyl groups excluding tert-OH is 1. The molecule has 0 amide bonds. The summed E-state index contributed by atoms with van der Waals surface area (Å²) >= 11 is 0. The molecular weight excluding hydrogens is 336 g/mol. The van der Waals surface area contributed by atoms with Gasteiger partial charge in [-0.3, -0.25) is 9.59 Å². The maximum atomic E-state index is 11.9. The van der Waals surface area contributed by atoms with Crippen LogP contribution in [0.2, 0.25) is 0 Å². The molecule has 0 bridgehead atoms. The van der Waals surface area contributed by atoms with Gasteiger partial charge in [-0.15, -0.1) is 6.58 Å². The molecule has 1 heterocycles. The van der Waals surface area contributed by atoms with E-state index < -0.39 is 40.1 Å². The fourth-order valence-corrected chi connectivity index (χ4v) is 5.63. The van der Waals surface area contributed by atoms with Crippen LogP contribution in [-0.4, -0.2) is 44.6 Å². The first kappa shape index (κ1) is 20.9. The molecule has 0 radical (unpaired) electrons. The van der Waals surface area contributed by atoms with E-state index >= 15 is 0 Å². The number of fused-ring (bicyclic) bond motifs is 1. The van der Waals surface area contributed by atoms with Gasteiger partial charge in [0.2, 0.25) is 0 Å². The number of carboxylic acids is 2. The summed E-state index contributed by atoms with van der Waals surface area (Å²) in [6.07, 6.45) is 2.15. The molecule has 2 fully saturated rings. The van der Waals surface area contributed by atoms with Gasteiger partial charge < -0.3 is 20.1 Å². The highest BCUT2D eigenvalue weighted by Crippen LogP contribution is 2.62. The summed E-state index contributed by atoms with van der Waals surface area (Å²) in [5.41, 5.74) is -3.43. The minimum atomic E-state index is -1.07. The van der Waals surface area contributed by atoms with Gasteiger partial charge in [0.15, 0.2) is 0 Å². The average molecular weight is 368 g/mol. The van der Waals surface area contributed by atoms with Crippen LogP contribution in [-0.2, 0) is 14.3 Å². The Morgan fingerprint density at radius 1 is 1.27 bits per heavy atom. The lowest BCUT2D eigenvalue weighted by Crippen LogP contribution is -2.66. The largest absolute Gasteiger partial charge is 0.481 e. The monoisotopic (exact) mass is 368 g/mol. The molecule has 0 spiro atoms. The number of aliphatic carboxylic acids is 2. The van der Waals surface area contributed by atoms with Gasteiger partial charge in [0, 0.05) is 0 Å². The third-order valence-electron chi connectivity index (χ3n) is 7.19. The summed E-state index contributed by atoms with van der Waals surface area (Å²) < 4.78 is 6.32. The van der Waals surface area contributed by atoms with Gasteiger partial charge in [-0.2, -0.15) is 0 Å². The predicted octanol–water partition coefficient (Wildman–Crippen LogP) is 3.09. The van der Waals surface area contributed by atoms with E-state index in [-0.39, 0.29) is 18.3 Å². The summed E-state index contributed by atoms with van der Waals surface area (Å²) in [6.45, 7) is 12.7. The molecular formula is C20H32O6. The van der Waals surface area contributed by atoms with Crippen LogP contribution in [0.1, 0.15) is 60.3 Å². The van der Waals surface area contributed by atoms with E-state index in [0.717, 1.165) is 0 Å². The van der Waals surface area contributed by atoms with Gasteiger partial charge in [-0.25, -0.2) is 0 Å². The first-order valence-electron chi connectivity index (χ1n) is 9.20. The number of hydrogen-bond donors (Lipinski definition) is 3. The molecule has 6 atom stereocenters. The SMILES string of the molecule is C=C[C@]1(C)O[C@@]2(C)CC[C@H](C(C)(C)C(=O)O)[C@](C)(CC(=O)O)[C@@H]2CC1O. The maximum absolute atomic E-state index is 11.9. The van der Waals surface area contributed by atoms with Crippen molar-refractivity contribution in [2.75, 3.05) is 0 Å². The van der Waals surface area contributed by atoms with E-state index in [1.807, 2.05) is 13.8 Å². The van der Waals surface area contributed by atoms with E-state index in [4.69, 9.17) is 4.74 Å². The van der Waals surface area contributed by atoms with Crippen LogP contribution in [0.25, 0.3) is 0 Å². The van der Waals surface area contributed by atoms with Crippen molar-refractivity contribution in [3.63, 3.8) is 0 Å². The molecule has 1 saturated carbocycles. The van der Waals surface area contributed by atoms with Crippen molar-refractivity contribution in [2.24, 2.45) is 22.7 Å². The van der Waals surface area contributed by atoms with Gasteiger partial charge in [0.25, 0.3) is 0 Å². The number of aliphatic hydroxyl groups is 1. The Balaban J connectivity index is 2.55. The van der Waals surface area contributed by atoms with E-state index in [1.165, 1.54) is 0 Å². The second kappa shape index (κ2) is 6.34. The number of rotatable bonds is 5. The molecule has 3 N–H and O–H groups in total. The highest BCUT2D eigenvalue weighted by molar-refractivity contribution is 5.75. The second-order valence-corrected chi connectivity index (χ2v) is 9.30. The molecule has 6 heteroatoms. The van der Waals surface area contributed by atoms with Gasteiger partial charge in [0.05, 0.1) is 23.5 Å². The molecule has 2 aliphatic rings. The smallest absolute Gasteiger partial charge is 0.309 e. The number of ether oxygens (including phenoxy) is 1. The quantitative estimate of drug-likeness (QED) is 0.644. The molecule has 2 rings (SSSR count). The molecule has 0 aromatic rings. The molecule has 0 aromatic heterocycles. The molecule has 1 aliphatic carbocycles. The summed E-state index contributed by atoms with van der Waals surface area (Å²) in [7, 11) is 0. The first-order valence-corrected chi connectivity index (χ1v) is 9.20. The van der Waals surface area contributed by atoms with Crippen LogP contribution >= 0.6 is 0 Å². The maximum Gasteiger partial charge on any atom is 0.309 e. The number of hydrogen-bond acceptors (Lipinski definition) is 4. The van der Waals surface area contributed by atoms with Crippen LogP contribution in [0, 0.1) is 22.7 Å². The van der Waals surface area contributed by atoms with E-state index in [1.54, 1.807) is 26.8 Å². The standard InChI is InChI=1S/C20H32O6/c1-7-19(5)14(21)10-13-18(4,11-15(22)23)12(17(2,3)16(24)25)8-9-20(13,6)26-19/h7,12-14,21H,1,8-11H2,2-6H3,(H,22,23)(H,24,25)/t12-,13+,14?,18+,19+,20+/m1/s1. The highest BCUT2D eigenvalue weighted by atomic mass is 16.5. The molecule has 1 saturated heterocycles. The van der Waals surface area contributed by atoms with Crippen LogP contribution < -0.4 is 0 Å². The van der Waals surface area contributed by atoms with Crippen LogP contribution in [0.5, 0.6) is 0 Å². The Labute approximate surface area is 155 Å². The van der Waals surface area contributed by atoms with Crippen molar-refractivity contribution < 1.29 is 29.6 Å². The van der Waals surface area contributed by atoms with Crippen molar-refractivity contribution in [3.05, 3.63) is 12.7 Å². The van der Waals surface area contributed by atoms with Crippen molar-refractivity contribution in [2.45, 2.75) is 77.6 Å². The first-order chi connectivity index (χ1) is 11.7. The normalized spacial score (nSPS) is 43.4. The van der Waals surface area contributed by atoms with Crippen molar-refractivity contribution in [1.82, 2.24) is 0 Å². The van der Waals surface area contributed by atoms with Crippen LogP contribution in [0.3, 0.4) is 0 Å². The zero-order valence-electron chi connectivity index (χ0n) is 16.4. The minimum absolute atomic E-state index is 0.157. The lowest BCUT2D eigenvalue weighted by molar-refractivity contribution is -0.277. The lowest BCUT2D eigenvalue weighted by atomic mass is 9.47. The molecule has 1 unspecified atom stereocenters. The molecule has 0 aromatic carbocycles. The Kier molecular flexibility index (Phi) is 5.10. The Morgan fingerprint density at radius 3 is 2.31 bits per heavy atom. The van der Waals surface area contributed by atoms with Crippen LogP contribution in [0.15, 0.2) is 12.7 Å². The van der Waals surface area contributed by atoms with E-state index in [9.17, 15) is 24.9 Å². The molecule has 148 valence electrons. The molecule has 6 nitrogen and oxygen atoms in total. The van der Waals surface area contributed by atoms with Gasteiger partial charge >= 0.3 is 11.9 Å². The minimum Gasteiger partial charge on any atom is -0.481 e. The summed E-state index contributed by atoms with van der Waals surface area (Å²) in [4.78, 5) is 23.6. The lowest BCUT2D eigenvalue weighted by Gasteiger charge is -2.63. The zero-order chi connectivity index (χ0) is 20.1. The third kappa shape index (κ3) is 3.07. The topological polar surface area (TPSA) is 104 Å². The summed E-state index contributed by atoms with van der Waals surface area (Å²) in [6, 6.07) is 0. The summed E-state index contributed by atoms with van der Waals surface area (Å²) in [5, 5.41) is 30.0. The Morgan fingerprint density at radius 2 is 1.85 bits per heavy atom. The van der Waals surface area contributed by atoms with Crippen molar-refractivity contribution in [3.8, 4) is 0 Å². The van der Waals surface area contributed by atoms with Crippen molar-refractivity contribution in [1.29, 1.82) is 0 Å². The Bertz CT molecular complexity index is 613. The number of carboxylic acid groups (broad SMARTS) is 2. The van der Waals surface area contributed by atoms with Gasteiger partial charge in [-0.1, -0.05) is 13.0 Å². The van der Waals surface area contributed by atoms with Gasteiger partial charge in [0.1, 0.15) is 5.60 Å². The second-order valence-electron chi connectivity index (χ2n) is 9.30. The number of carbonyl (C=O) groups is 2. The van der Waals surface area contributed by atoms with Crippen LogP contribution in [0.4, 0.5) is 0 Å². The Hall–Kier alpha value is -1.40. The molecule has 26 heavy (non-hydrogen) atoms. The highest BCUT2D eigenvalue weighted by Gasteiger charge is 2.63. The fourth-order valence-electron chi connectivity index (χ4n) is 5.63. The zero-order valence-corrected chi connectivity index (χ0v) is 16.4.